The second-order valence-electron chi connectivity index (χ2n) is 9.19. The molecule has 0 amide bonds. The summed E-state index contributed by atoms with van der Waals surface area (Å²) in [5, 5.41) is 12.6. The van der Waals surface area contributed by atoms with Crippen molar-refractivity contribution in [2.45, 2.75) is 129 Å². The molecule has 26 heavy (non-hydrogen) atoms. The molecule has 1 spiro atoms. The molecule has 2 heterocycles. The summed E-state index contributed by atoms with van der Waals surface area (Å²) in [6.45, 7) is 13.7. The number of rotatable bonds is 9. The minimum atomic E-state index is -0.554. The van der Waals surface area contributed by atoms with Gasteiger partial charge in [-0.15, -0.1) is 0 Å². The molecule has 0 saturated carbocycles. The quantitative estimate of drug-likeness (QED) is 0.512. The molecule has 154 valence electrons. The zero-order valence-electron chi connectivity index (χ0n) is 18.1. The summed E-state index contributed by atoms with van der Waals surface area (Å²) >= 11 is 0. The van der Waals surface area contributed by atoms with Gasteiger partial charge in [0.15, 0.2) is 5.79 Å². The van der Waals surface area contributed by atoms with E-state index in [2.05, 4.69) is 41.5 Å². The van der Waals surface area contributed by atoms with Gasteiger partial charge in [0.25, 0.3) is 0 Å². The van der Waals surface area contributed by atoms with Gasteiger partial charge in [0.05, 0.1) is 18.2 Å². The lowest BCUT2D eigenvalue weighted by molar-refractivity contribution is -0.352. The molecule has 0 aromatic carbocycles. The van der Waals surface area contributed by atoms with Crippen molar-refractivity contribution < 1.29 is 14.7 Å². The van der Waals surface area contributed by atoms with Crippen LogP contribution in [0, 0.1) is 5.92 Å². The number of piperidine rings is 1. The molecule has 0 aromatic rings. The Kier molecular flexibility index (Phi) is 7.57. The molecule has 1 N–H and O–H groups in total. The van der Waals surface area contributed by atoms with Crippen LogP contribution in [-0.4, -0.2) is 39.8 Å². The number of hydroxylamine groups is 2. The van der Waals surface area contributed by atoms with Crippen LogP contribution in [0.15, 0.2) is 0 Å². The van der Waals surface area contributed by atoms with Crippen LogP contribution in [-0.2, 0) is 9.47 Å². The van der Waals surface area contributed by atoms with Crippen LogP contribution in [0.25, 0.3) is 0 Å². The Morgan fingerprint density at radius 1 is 1.00 bits per heavy atom. The Morgan fingerprint density at radius 3 is 2.27 bits per heavy atom. The molecular weight excluding hydrogens is 326 g/mol. The summed E-state index contributed by atoms with van der Waals surface area (Å²) in [6, 6.07) is 0. The highest BCUT2D eigenvalue weighted by Crippen LogP contribution is 2.53. The van der Waals surface area contributed by atoms with Crippen molar-refractivity contribution in [3.8, 4) is 0 Å². The van der Waals surface area contributed by atoms with Gasteiger partial charge in [-0.3, -0.25) is 0 Å². The normalized spacial score (nSPS) is 41.2. The van der Waals surface area contributed by atoms with Crippen molar-refractivity contribution in [2.24, 2.45) is 5.92 Å². The third-order valence-corrected chi connectivity index (χ3v) is 7.45. The van der Waals surface area contributed by atoms with Crippen LogP contribution in [0.3, 0.4) is 0 Å². The van der Waals surface area contributed by atoms with Crippen LogP contribution in [0.1, 0.15) is 106 Å². The van der Waals surface area contributed by atoms with Crippen molar-refractivity contribution in [2.75, 3.05) is 6.61 Å². The van der Waals surface area contributed by atoms with Gasteiger partial charge < -0.3 is 14.7 Å². The van der Waals surface area contributed by atoms with E-state index in [1.54, 1.807) is 5.06 Å². The second-order valence-corrected chi connectivity index (χ2v) is 9.19. The molecule has 4 heteroatoms. The fraction of sp³-hybridized carbons (Fsp3) is 1.00. The lowest BCUT2D eigenvalue weighted by Gasteiger charge is -2.60. The molecular formula is C22H43NO3. The first-order chi connectivity index (χ1) is 12.3. The summed E-state index contributed by atoms with van der Waals surface area (Å²) in [5.41, 5.74) is -0.648. The minimum absolute atomic E-state index is 0.124. The topological polar surface area (TPSA) is 41.9 Å². The van der Waals surface area contributed by atoms with Gasteiger partial charge in [0, 0.05) is 17.9 Å². The van der Waals surface area contributed by atoms with Crippen LogP contribution in [0.5, 0.6) is 0 Å². The standard InChI is InChI=1S/C22H43NO3/c1-7-10-11-12-13-14-15-19-16-25-22(26-19)17-20(5,8-2)23(24)21(6,9-3)18(22)4/h18-19,24H,7-17H2,1-6H3. The molecule has 0 aromatic heterocycles. The van der Waals surface area contributed by atoms with E-state index in [4.69, 9.17) is 9.47 Å². The van der Waals surface area contributed by atoms with Crippen molar-refractivity contribution in [1.82, 2.24) is 5.06 Å². The van der Waals surface area contributed by atoms with E-state index in [0.29, 0.717) is 6.61 Å². The fourth-order valence-corrected chi connectivity index (χ4v) is 4.96. The van der Waals surface area contributed by atoms with Gasteiger partial charge >= 0.3 is 0 Å². The average Bonchev–Trinajstić information content (AvgIpc) is 3.05. The van der Waals surface area contributed by atoms with E-state index >= 15 is 0 Å². The SMILES string of the molecule is CCCCCCCCC1COC2(CC(C)(CC)N(O)C(C)(CC)C2C)O1. The summed E-state index contributed by atoms with van der Waals surface area (Å²) in [6.07, 6.45) is 11.7. The van der Waals surface area contributed by atoms with Gasteiger partial charge in [-0.25, -0.2) is 0 Å². The van der Waals surface area contributed by atoms with Crippen LogP contribution in [0.2, 0.25) is 0 Å². The first-order valence-electron chi connectivity index (χ1n) is 11.1. The Bertz CT molecular complexity index is 445. The molecule has 2 saturated heterocycles. The second kappa shape index (κ2) is 8.89. The molecule has 0 radical (unpaired) electrons. The zero-order valence-corrected chi connectivity index (χ0v) is 18.1. The van der Waals surface area contributed by atoms with Crippen LogP contribution < -0.4 is 0 Å². The molecule has 0 aliphatic carbocycles. The van der Waals surface area contributed by atoms with Crippen molar-refractivity contribution >= 4 is 0 Å². The Morgan fingerprint density at radius 2 is 1.65 bits per heavy atom. The van der Waals surface area contributed by atoms with Crippen LogP contribution in [0.4, 0.5) is 0 Å². The average molecular weight is 370 g/mol. The highest BCUT2D eigenvalue weighted by atomic mass is 16.7. The highest BCUT2D eigenvalue weighted by Gasteiger charge is 2.63. The molecule has 2 aliphatic rings. The molecule has 5 unspecified atom stereocenters. The highest BCUT2D eigenvalue weighted by molar-refractivity contribution is 5.08. The summed E-state index contributed by atoms with van der Waals surface area (Å²) in [4.78, 5) is 0. The Balaban J connectivity index is 2.00. The van der Waals surface area contributed by atoms with E-state index in [1.165, 1.54) is 38.5 Å². The summed E-state index contributed by atoms with van der Waals surface area (Å²) in [7, 11) is 0. The van der Waals surface area contributed by atoms with Gasteiger partial charge in [-0.05, 0) is 33.1 Å². The number of ether oxygens (including phenoxy) is 2. The molecule has 5 atom stereocenters. The molecule has 2 fully saturated rings. The maximum atomic E-state index is 11.0. The first kappa shape index (κ1) is 22.1. The lowest BCUT2D eigenvalue weighted by Crippen LogP contribution is -2.70. The molecule has 2 aliphatic heterocycles. The molecule has 2 rings (SSSR count). The van der Waals surface area contributed by atoms with E-state index in [1.807, 2.05) is 0 Å². The maximum absolute atomic E-state index is 11.0. The summed E-state index contributed by atoms with van der Waals surface area (Å²) in [5.74, 6) is -0.430. The molecule has 4 nitrogen and oxygen atoms in total. The Labute approximate surface area is 161 Å². The third-order valence-electron chi connectivity index (χ3n) is 7.45. The monoisotopic (exact) mass is 369 g/mol. The van der Waals surface area contributed by atoms with Gasteiger partial charge in [0.2, 0.25) is 0 Å². The van der Waals surface area contributed by atoms with E-state index in [0.717, 1.165) is 25.7 Å². The van der Waals surface area contributed by atoms with Gasteiger partial charge in [-0.2, -0.15) is 5.06 Å². The molecule has 0 bridgehead atoms. The van der Waals surface area contributed by atoms with E-state index in [9.17, 15) is 5.21 Å². The van der Waals surface area contributed by atoms with Gasteiger partial charge in [-0.1, -0.05) is 66.2 Å². The minimum Gasteiger partial charge on any atom is -0.347 e. The van der Waals surface area contributed by atoms with E-state index in [-0.39, 0.29) is 23.1 Å². The van der Waals surface area contributed by atoms with Crippen molar-refractivity contribution in [3.63, 3.8) is 0 Å². The van der Waals surface area contributed by atoms with Crippen molar-refractivity contribution in [3.05, 3.63) is 0 Å². The predicted octanol–water partition coefficient (Wildman–Crippen LogP) is 5.92. The Hall–Kier alpha value is -0.160. The fourth-order valence-electron chi connectivity index (χ4n) is 4.96. The largest absolute Gasteiger partial charge is 0.347 e. The number of hydrogen-bond acceptors (Lipinski definition) is 4. The smallest absolute Gasteiger partial charge is 0.175 e. The predicted molar refractivity (Wildman–Crippen MR) is 106 cm³/mol. The third kappa shape index (κ3) is 4.14. The van der Waals surface area contributed by atoms with Crippen molar-refractivity contribution in [1.29, 1.82) is 0 Å². The summed E-state index contributed by atoms with van der Waals surface area (Å²) < 4.78 is 13.0. The lowest BCUT2D eigenvalue weighted by atomic mass is 9.67. The number of unbranched alkanes of at least 4 members (excludes halogenated alkanes) is 5. The van der Waals surface area contributed by atoms with E-state index < -0.39 is 5.79 Å². The first-order valence-corrected chi connectivity index (χ1v) is 11.1. The maximum Gasteiger partial charge on any atom is 0.175 e. The number of nitrogens with zero attached hydrogens (tertiary/aromatic N) is 1. The van der Waals surface area contributed by atoms with Crippen LogP contribution >= 0.6 is 0 Å². The van der Waals surface area contributed by atoms with Gasteiger partial charge in [0.1, 0.15) is 0 Å². The zero-order chi connectivity index (χ0) is 19.4. The number of hydrogen-bond donors (Lipinski definition) is 1.